The van der Waals surface area contributed by atoms with Crippen LogP contribution in [0.5, 0.6) is 11.5 Å². The fourth-order valence-corrected chi connectivity index (χ4v) is 3.35. The second-order valence-electron chi connectivity index (χ2n) is 6.60. The van der Waals surface area contributed by atoms with E-state index in [2.05, 4.69) is 34.1 Å². The van der Waals surface area contributed by atoms with E-state index in [0.29, 0.717) is 0 Å². The van der Waals surface area contributed by atoms with Crippen LogP contribution < -0.4 is 19.1 Å². The van der Waals surface area contributed by atoms with Crippen LogP contribution in [0.2, 0.25) is 0 Å². The summed E-state index contributed by atoms with van der Waals surface area (Å²) in [7, 11) is 0.180. The number of hydrogen-bond acceptors (Lipinski definition) is 6. The van der Waals surface area contributed by atoms with Gasteiger partial charge in [-0.25, -0.2) is 0 Å². The van der Waals surface area contributed by atoms with Crippen LogP contribution in [0.1, 0.15) is 0 Å². The Morgan fingerprint density at radius 1 is 0.667 bits per heavy atom. The van der Waals surface area contributed by atoms with Crippen molar-refractivity contribution in [2.75, 3.05) is 62.4 Å². The third kappa shape index (κ3) is 4.87. The molecule has 2 aliphatic rings. The van der Waals surface area contributed by atoms with Crippen molar-refractivity contribution in [1.82, 2.24) is 0 Å². The quantitative estimate of drug-likeness (QED) is 0.728. The molecule has 0 unspecified atom stereocenters. The number of morpholine rings is 2. The van der Waals surface area contributed by atoms with Gasteiger partial charge in [-0.3, -0.25) is 0 Å². The summed E-state index contributed by atoms with van der Waals surface area (Å²) in [5, 5.41) is 0. The van der Waals surface area contributed by atoms with Gasteiger partial charge in [-0.1, -0.05) is 12.1 Å². The number of rotatable bonds is 6. The van der Waals surface area contributed by atoms with Gasteiger partial charge in [0.2, 0.25) is 0 Å². The molecule has 2 fully saturated rings. The van der Waals surface area contributed by atoms with Gasteiger partial charge in [-0.2, -0.15) is 0 Å². The van der Waals surface area contributed by atoms with Crippen molar-refractivity contribution in [2.45, 2.75) is 0 Å². The highest BCUT2D eigenvalue weighted by Crippen LogP contribution is 2.24. The predicted octanol–water partition coefficient (Wildman–Crippen LogP) is 2.08. The zero-order valence-electron chi connectivity index (χ0n) is 15.5. The SMILES string of the molecule is B(Oc1cccc(N2CCOCC2)c1)Oc1cccc(N2CCOCC2)c1. The number of anilines is 2. The van der Waals surface area contributed by atoms with Crippen LogP contribution in [0.15, 0.2) is 48.5 Å². The number of ether oxygens (including phenoxy) is 2. The van der Waals surface area contributed by atoms with Crippen molar-refractivity contribution in [3.8, 4) is 11.5 Å². The lowest BCUT2D eigenvalue weighted by molar-refractivity contribution is 0.122. The minimum atomic E-state index is 0.180. The Morgan fingerprint density at radius 2 is 1.11 bits per heavy atom. The molecule has 0 atom stereocenters. The Kier molecular flexibility index (Phi) is 6.01. The molecule has 7 heteroatoms. The van der Waals surface area contributed by atoms with E-state index in [0.717, 1.165) is 75.5 Å². The molecule has 0 spiro atoms. The molecule has 0 amide bonds. The van der Waals surface area contributed by atoms with Crippen LogP contribution in [0.4, 0.5) is 11.4 Å². The third-order valence-electron chi connectivity index (χ3n) is 4.84. The van der Waals surface area contributed by atoms with Gasteiger partial charge in [0.15, 0.2) is 0 Å². The summed E-state index contributed by atoms with van der Waals surface area (Å²) >= 11 is 0. The lowest BCUT2D eigenvalue weighted by Crippen LogP contribution is -2.36. The first-order chi connectivity index (χ1) is 13.4. The van der Waals surface area contributed by atoms with Gasteiger partial charge < -0.3 is 28.6 Å². The van der Waals surface area contributed by atoms with Crippen molar-refractivity contribution >= 4 is 19.1 Å². The van der Waals surface area contributed by atoms with E-state index >= 15 is 0 Å². The van der Waals surface area contributed by atoms with Gasteiger partial charge in [0.1, 0.15) is 11.5 Å². The van der Waals surface area contributed by atoms with E-state index in [1.807, 2.05) is 24.3 Å². The van der Waals surface area contributed by atoms with Gasteiger partial charge in [0.05, 0.1) is 26.4 Å². The normalized spacial score (nSPS) is 17.5. The Morgan fingerprint density at radius 3 is 1.56 bits per heavy atom. The maximum Gasteiger partial charge on any atom is 0.576 e. The minimum absolute atomic E-state index is 0.180. The molecule has 6 nitrogen and oxygen atoms in total. The van der Waals surface area contributed by atoms with E-state index in [1.165, 1.54) is 0 Å². The van der Waals surface area contributed by atoms with E-state index in [-0.39, 0.29) is 7.69 Å². The van der Waals surface area contributed by atoms with Gasteiger partial charge >= 0.3 is 7.69 Å². The molecule has 0 aliphatic carbocycles. The molecule has 2 heterocycles. The van der Waals surface area contributed by atoms with Crippen LogP contribution in [-0.2, 0) is 9.47 Å². The largest absolute Gasteiger partial charge is 0.576 e. The number of nitrogens with zero attached hydrogens (tertiary/aromatic N) is 2. The Bertz CT molecular complexity index is 672. The van der Waals surface area contributed by atoms with Gasteiger partial charge in [0.25, 0.3) is 0 Å². The standard InChI is InChI=1S/C20H25BN2O4/c1-3-17(22-7-11-24-12-8-22)15-19(5-1)26-21-27-20-6-2-4-18(16-20)23-9-13-25-14-10-23/h1-6,15-16,21H,7-14H2. The molecule has 0 radical (unpaired) electrons. The molecule has 2 saturated heterocycles. The molecule has 2 aliphatic heterocycles. The first-order valence-corrected chi connectivity index (χ1v) is 9.50. The average Bonchev–Trinajstić information content (AvgIpc) is 2.75. The van der Waals surface area contributed by atoms with Crippen molar-refractivity contribution < 1.29 is 18.8 Å². The summed E-state index contributed by atoms with van der Waals surface area (Å²) in [6.07, 6.45) is 0. The Balaban J connectivity index is 1.32. The van der Waals surface area contributed by atoms with E-state index in [1.54, 1.807) is 0 Å². The molecular weight excluding hydrogens is 343 g/mol. The van der Waals surface area contributed by atoms with E-state index < -0.39 is 0 Å². The predicted molar refractivity (Wildman–Crippen MR) is 107 cm³/mol. The molecule has 0 aromatic heterocycles. The summed E-state index contributed by atoms with van der Waals surface area (Å²) in [5.74, 6) is 1.62. The Hall–Kier alpha value is -2.38. The second kappa shape index (κ2) is 9.02. The highest BCUT2D eigenvalue weighted by molar-refractivity contribution is 6.20. The molecule has 4 rings (SSSR count). The molecule has 0 N–H and O–H groups in total. The highest BCUT2D eigenvalue weighted by atomic mass is 16.6. The minimum Gasteiger partial charge on any atom is -0.528 e. The zero-order chi connectivity index (χ0) is 18.3. The second-order valence-corrected chi connectivity index (χ2v) is 6.60. The van der Waals surface area contributed by atoms with Crippen LogP contribution in [0.3, 0.4) is 0 Å². The molecule has 2 aromatic rings. The molecule has 0 saturated carbocycles. The van der Waals surface area contributed by atoms with Crippen LogP contribution in [0, 0.1) is 0 Å². The number of hydrogen-bond donors (Lipinski definition) is 0. The van der Waals surface area contributed by atoms with Crippen molar-refractivity contribution in [3.05, 3.63) is 48.5 Å². The van der Waals surface area contributed by atoms with Crippen molar-refractivity contribution in [3.63, 3.8) is 0 Å². The molecular formula is C20H25BN2O4. The summed E-state index contributed by atoms with van der Waals surface area (Å²) < 4.78 is 22.5. The summed E-state index contributed by atoms with van der Waals surface area (Å²) in [5.41, 5.74) is 2.32. The fourth-order valence-electron chi connectivity index (χ4n) is 3.35. The lowest BCUT2D eigenvalue weighted by atomic mass is 10.2. The molecule has 142 valence electrons. The van der Waals surface area contributed by atoms with Gasteiger partial charge in [-0.05, 0) is 24.3 Å². The first kappa shape index (κ1) is 18.0. The van der Waals surface area contributed by atoms with Gasteiger partial charge in [-0.15, -0.1) is 0 Å². The van der Waals surface area contributed by atoms with Crippen molar-refractivity contribution in [2.24, 2.45) is 0 Å². The lowest BCUT2D eigenvalue weighted by Gasteiger charge is -2.29. The van der Waals surface area contributed by atoms with E-state index in [9.17, 15) is 0 Å². The Labute approximate surface area is 160 Å². The van der Waals surface area contributed by atoms with Crippen LogP contribution in [-0.4, -0.2) is 60.3 Å². The molecule has 2 aromatic carbocycles. The maximum absolute atomic E-state index is 5.81. The third-order valence-corrected chi connectivity index (χ3v) is 4.84. The maximum atomic E-state index is 5.81. The average molecular weight is 368 g/mol. The zero-order valence-corrected chi connectivity index (χ0v) is 15.5. The highest BCUT2D eigenvalue weighted by Gasteiger charge is 2.13. The monoisotopic (exact) mass is 368 g/mol. The van der Waals surface area contributed by atoms with Crippen LogP contribution in [0.25, 0.3) is 0 Å². The fraction of sp³-hybridized carbons (Fsp3) is 0.400. The summed E-state index contributed by atoms with van der Waals surface area (Å²) in [6, 6.07) is 16.3. The smallest absolute Gasteiger partial charge is 0.528 e. The summed E-state index contributed by atoms with van der Waals surface area (Å²) in [4.78, 5) is 4.62. The number of benzene rings is 2. The molecule has 0 bridgehead atoms. The van der Waals surface area contributed by atoms with Gasteiger partial charge in [0, 0.05) is 49.7 Å². The van der Waals surface area contributed by atoms with E-state index in [4.69, 9.17) is 18.8 Å². The van der Waals surface area contributed by atoms with Crippen molar-refractivity contribution in [1.29, 1.82) is 0 Å². The topological polar surface area (TPSA) is 43.4 Å². The van der Waals surface area contributed by atoms with Crippen LogP contribution >= 0.6 is 0 Å². The summed E-state index contributed by atoms with van der Waals surface area (Å²) in [6.45, 7) is 6.73. The first-order valence-electron chi connectivity index (χ1n) is 9.50. The molecule has 27 heavy (non-hydrogen) atoms.